The van der Waals surface area contributed by atoms with E-state index in [4.69, 9.17) is 5.73 Å². The number of nitrogens with zero attached hydrogens (tertiary/aromatic N) is 1. The van der Waals surface area contributed by atoms with Crippen LogP contribution in [0.5, 0.6) is 0 Å². The first-order chi connectivity index (χ1) is 8.25. The number of fused-ring (bicyclic) bond motifs is 1. The second-order valence-corrected chi connectivity index (χ2v) is 4.85. The van der Waals surface area contributed by atoms with Crippen LogP contribution in [0.4, 0.5) is 5.69 Å². The van der Waals surface area contributed by atoms with Crippen LogP contribution in [0.2, 0.25) is 0 Å². The molecule has 4 nitrogen and oxygen atoms in total. The van der Waals surface area contributed by atoms with Crippen molar-refractivity contribution in [1.82, 2.24) is 10.2 Å². The SMILES string of the molecule is Nc1ccc2c(c1)CN(C1CCCNC1)C2=O. The molecule has 2 aliphatic rings. The van der Waals surface area contributed by atoms with Gasteiger partial charge in [0.1, 0.15) is 0 Å². The van der Waals surface area contributed by atoms with E-state index in [-0.39, 0.29) is 5.91 Å². The van der Waals surface area contributed by atoms with E-state index in [1.165, 1.54) is 0 Å². The average Bonchev–Trinajstić information content (AvgIpc) is 2.67. The number of carbonyl (C=O) groups excluding carboxylic acids is 1. The number of benzene rings is 1. The molecule has 1 fully saturated rings. The number of piperidine rings is 1. The van der Waals surface area contributed by atoms with Crippen molar-refractivity contribution in [1.29, 1.82) is 0 Å². The maximum atomic E-state index is 12.3. The monoisotopic (exact) mass is 231 g/mol. The minimum Gasteiger partial charge on any atom is -0.399 e. The van der Waals surface area contributed by atoms with Crippen LogP contribution in [0, 0.1) is 0 Å². The van der Waals surface area contributed by atoms with Crippen LogP contribution in [0.25, 0.3) is 0 Å². The molecule has 1 aromatic rings. The summed E-state index contributed by atoms with van der Waals surface area (Å²) in [5, 5.41) is 3.35. The molecule has 2 heterocycles. The van der Waals surface area contributed by atoms with Crippen molar-refractivity contribution in [2.45, 2.75) is 25.4 Å². The van der Waals surface area contributed by atoms with Gasteiger partial charge in [-0.3, -0.25) is 4.79 Å². The zero-order valence-electron chi connectivity index (χ0n) is 9.78. The lowest BCUT2D eigenvalue weighted by Crippen LogP contribution is -2.46. The quantitative estimate of drug-likeness (QED) is 0.708. The fourth-order valence-corrected chi connectivity index (χ4v) is 2.76. The van der Waals surface area contributed by atoms with Crippen molar-refractivity contribution in [3.8, 4) is 0 Å². The van der Waals surface area contributed by atoms with E-state index in [2.05, 4.69) is 5.32 Å². The first kappa shape index (κ1) is 10.6. The second-order valence-electron chi connectivity index (χ2n) is 4.85. The molecule has 0 radical (unpaired) electrons. The fourth-order valence-electron chi connectivity index (χ4n) is 2.76. The van der Waals surface area contributed by atoms with E-state index in [0.29, 0.717) is 12.6 Å². The summed E-state index contributed by atoms with van der Waals surface area (Å²) in [6.07, 6.45) is 2.25. The van der Waals surface area contributed by atoms with Gasteiger partial charge < -0.3 is 16.0 Å². The molecule has 3 rings (SSSR count). The summed E-state index contributed by atoms with van der Waals surface area (Å²) in [6.45, 7) is 2.69. The molecule has 17 heavy (non-hydrogen) atoms. The van der Waals surface area contributed by atoms with E-state index in [1.54, 1.807) is 6.07 Å². The molecule has 0 aliphatic carbocycles. The Balaban J connectivity index is 1.85. The number of hydrogen-bond donors (Lipinski definition) is 2. The minimum absolute atomic E-state index is 0.161. The van der Waals surface area contributed by atoms with Crippen molar-refractivity contribution in [2.24, 2.45) is 0 Å². The standard InChI is InChI=1S/C13H17N3O/c14-10-3-4-12-9(6-10)8-16(13(12)17)11-2-1-5-15-7-11/h3-4,6,11,15H,1-2,5,7-8,14H2. The zero-order valence-corrected chi connectivity index (χ0v) is 9.78. The number of nitrogens with one attached hydrogen (secondary N) is 1. The highest BCUT2D eigenvalue weighted by atomic mass is 16.2. The number of hydrogen-bond acceptors (Lipinski definition) is 3. The minimum atomic E-state index is 0.161. The van der Waals surface area contributed by atoms with E-state index < -0.39 is 0 Å². The van der Waals surface area contributed by atoms with Crippen LogP contribution in [0.1, 0.15) is 28.8 Å². The van der Waals surface area contributed by atoms with Gasteiger partial charge in [-0.05, 0) is 43.1 Å². The molecule has 3 N–H and O–H groups in total. The van der Waals surface area contributed by atoms with Crippen LogP contribution in [0.3, 0.4) is 0 Å². The molecule has 90 valence electrons. The first-order valence-electron chi connectivity index (χ1n) is 6.16. The number of nitrogen functional groups attached to an aromatic ring is 1. The topological polar surface area (TPSA) is 58.4 Å². The summed E-state index contributed by atoms with van der Waals surface area (Å²) in [7, 11) is 0. The molecule has 1 saturated heterocycles. The van der Waals surface area contributed by atoms with Crippen molar-refractivity contribution < 1.29 is 4.79 Å². The lowest BCUT2D eigenvalue weighted by molar-refractivity contribution is 0.0674. The van der Waals surface area contributed by atoms with Gasteiger partial charge >= 0.3 is 0 Å². The molecule has 1 unspecified atom stereocenters. The predicted molar refractivity (Wildman–Crippen MR) is 66.6 cm³/mol. The summed E-state index contributed by atoms with van der Waals surface area (Å²) in [5.74, 6) is 0.161. The molecule has 0 saturated carbocycles. The Morgan fingerprint density at radius 3 is 3.06 bits per heavy atom. The first-order valence-corrected chi connectivity index (χ1v) is 6.16. The van der Waals surface area contributed by atoms with Crippen LogP contribution in [-0.2, 0) is 6.54 Å². The largest absolute Gasteiger partial charge is 0.399 e. The van der Waals surface area contributed by atoms with E-state index >= 15 is 0 Å². The number of rotatable bonds is 1. The highest BCUT2D eigenvalue weighted by molar-refractivity contribution is 5.99. The molecular weight excluding hydrogens is 214 g/mol. The summed E-state index contributed by atoms with van der Waals surface area (Å²) in [4.78, 5) is 14.2. The second kappa shape index (κ2) is 4.04. The Bertz CT molecular complexity index is 452. The van der Waals surface area contributed by atoms with Gasteiger partial charge in [-0.1, -0.05) is 0 Å². The fraction of sp³-hybridized carbons (Fsp3) is 0.462. The predicted octanol–water partition coefficient (Wildman–Crippen LogP) is 0.977. The van der Waals surface area contributed by atoms with Gasteiger partial charge in [0.2, 0.25) is 0 Å². The molecular formula is C13H17N3O. The molecule has 0 aromatic heterocycles. The third-order valence-corrected chi connectivity index (χ3v) is 3.67. The number of amides is 1. The highest BCUT2D eigenvalue weighted by Crippen LogP contribution is 2.27. The van der Waals surface area contributed by atoms with Crippen molar-refractivity contribution in [2.75, 3.05) is 18.8 Å². The molecule has 1 aromatic carbocycles. The maximum absolute atomic E-state index is 12.3. The molecule has 1 amide bonds. The maximum Gasteiger partial charge on any atom is 0.254 e. The Morgan fingerprint density at radius 2 is 2.29 bits per heavy atom. The summed E-state index contributed by atoms with van der Waals surface area (Å²) in [6, 6.07) is 5.91. The summed E-state index contributed by atoms with van der Waals surface area (Å²) >= 11 is 0. The normalized spacial score (nSPS) is 23.9. The van der Waals surface area contributed by atoms with Crippen molar-refractivity contribution in [3.63, 3.8) is 0 Å². The summed E-state index contributed by atoms with van der Waals surface area (Å²) in [5.41, 5.74) is 8.39. The molecule has 0 bridgehead atoms. The third-order valence-electron chi connectivity index (χ3n) is 3.67. The molecule has 4 heteroatoms. The van der Waals surface area contributed by atoms with Crippen LogP contribution < -0.4 is 11.1 Å². The lowest BCUT2D eigenvalue weighted by Gasteiger charge is -2.31. The Hall–Kier alpha value is -1.55. The van der Waals surface area contributed by atoms with Gasteiger partial charge in [0.05, 0.1) is 0 Å². The number of anilines is 1. The van der Waals surface area contributed by atoms with E-state index in [1.807, 2.05) is 17.0 Å². The number of nitrogens with two attached hydrogens (primary N) is 1. The lowest BCUT2D eigenvalue weighted by atomic mass is 10.1. The number of carbonyl (C=O) groups is 1. The van der Waals surface area contributed by atoms with Crippen molar-refractivity contribution in [3.05, 3.63) is 29.3 Å². The molecule has 1 atom stereocenters. The average molecular weight is 231 g/mol. The third kappa shape index (κ3) is 1.78. The van der Waals surface area contributed by atoms with Gasteiger partial charge in [0.25, 0.3) is 5.91 Å². The van der Waals surface area contributed by atoms with Crippen LogP contribution in [-0.4, -0.2) is 29.9 Å². The zero-order chi connectivity index (χ0) is 11.8. The van der Waals surface area contributed by atoms with Gasteiger partial charge in [-0.25, -0.2) is 0 Å². The molecule has 2 aliphatic heterocycles. The van der Waals surface area contributed by atoms with Gasteiger partial charge in [0, 0.05) is 30.4 Å². The van der Waals surface area contributed by atoms with Gasteiger partial charge in [-0.2, -0.15) is 0 Å². The van der Waals surface area contributed by atoms with Gasteiger partial charge in [0.15, 0.2) is 0 Å². The highest BCUT2D eigenvalue weighted by Gasteiger charge is 2.33. The smallest absolute Gasteiger partial charge is 0.254 e. The van der Waals surface area contributed by atoms with Crippen molar-refractivity contribution >= 4 is 11.6 Å². The Labute approximate surface area is 101 Å². The van der Waals surface area contributed by atoms with E-state index in [0.717, 1.165) is 42.7 Å². The molecule has 0 spiro atoms. The summed E-state index contributed by atoms with van der Waals surface area (Å²) < 4.78 is 0. The Kier molecular flexibility index (Phi) is 2.52. The van der Waals surface area contributed by atoms with E-state index in [9.17, 15) is 4.79 Å². The van der Waals surface area contributed by atoms with Crippen LogP contribution in [0.15, 0.2) is 18.2 Å². The Morgan fingerprint density at radius 1 is 1.41 bits per heavy atom. The van der Waals surface area contributed by atoms with Crippen LogP contribution >= 0.6 is 0 Å². The van der Waals surface area contributed by atoms with Gasteiger partial charge in [-0.15, -0.1) is 0 Å².